The summed E-state index contributed by atoms with van der Waals surface area (Å²) in [6.45, 7) is 19.0. The van der Waals surface area contributed by atoms with Crippen molar-refractivity contribution >= 4 is 29.5 Å². The molecule has 230 valence electrons. The number of benzene rings is 1. The Balaban J connectivity index is 0.00000237. The van der Waals surface area contributed by atoms with E-state index < -0.39 is 6.04 Å². The molecule has 4 rings (SSSR count). The second kappa shape index (κ2) is 16.0. The first-order chi connectivity index (χ1) is 20.2. The second-order valence-electron chi connectivity index (χ2n) is 11.4. The Morgan fingerprint density at radius 3 is 2.40 bits per heavy atom. The minimum Gasteiger partial charge on any atom is -0.497 e. The smallest absolute Gasteiger partial charge is 0.271 e. The molecule has 0 saturated carbocycles. The number of aryl methyl sites for hydroxylation is 1. The average molecular weight is 597 g/mol. The van der Waals surface area contributed by atoms with Gasteiger partial charge in [0, 0.05) is 43.0 Å². The highest BCUT2D eigenvalue weighted by atomic mass is 35.5. The fourth-order valence-corrected chi connectivity index (χ4v) is 6.28. The van der Waals surface area contributed by atoms with Crippen molar-refractivity contribution in [3.05, 3.63) is 76.3 Å². The lowest BCUT2D eigenvalue weighted by Crippen LogP contribution is -2.56. The van der Waals surface area contributed by atoms with Crippen molar-refractivity contribution in [3.63, 3.8) is 0 Å². The van der Waals surface area contributed by atoms with E-state index in [1.165, 1.54) is 6.42 Å². The van der Waals surface area contributed by atoms with Crippen LogP contribution in [0.5, 0.6) is 0 Å². The van der Waals surface area contributed by atoms with E-state index in [9.17, 15) is 9.59 Å². The number of halogens is 1. The van der Waals surface area contributed by atoms with E-state index in [-0.39, 0.29) is 11.8 Å². The lowest BCUT2D eigenvalue weighted by Gasteiger charge is -2.36. The average Bonchev–Trinajstić information content (AvgIpc) is 3.29. The highest BCUT2D eigenvalue weighted by Gasteiger charge is 2.38. The number of rotatable bonds is 11. The van der Waals surface area contributed by atoms with Crippen LogP contribution in [0.1, 0.15) is 67.8 Å². The van der Waals surface area contributed by atoms with Crippen LogP contribution in [-0.2, 0) is 22.5 Å². The topological polar surface area (TPSA) is 66.8 Å². The molecule has 0 radical (unpaired) electrons. The lowest BCUT2D eigenvalue weighted by atomic mass is 9.92. The third kappa shape index (κ3) is 8.51. The molecule has 8 heteroatoms. The summed E-state index contributed by atoms with van der Waals surface area (Å²) >= 11 is 6.06. The maximum absolute atomic E-state index is 13.8. The fourth-order valence-electron chi connectivity index (χ4n) is 6.15. The zero-order valence-corrected chi connectivity index (χ0v) is 27.0. The number of carbonyl (C=O) groups excluding carboxylic acids is 2. The molecule has 2 aliphatic rings. The van der Waals surface area contributed by atoms with Gasteiger partial charge in [-0.25, -0.2) is 0 Å². The largest absolute Gasteiger partial charge is 0.497 e. The van der Waals surface area contributed by atoms with Gasteiger partial charge in [0.1, 0.15) is 17.5 Å². The first kappa shape index (κ1) is 33.5. The summed E-state index contributed by atoms with van der Waals surface area (Å²) in [4.78, 5) is 31.7. The Bertz CT molecular complexity index is 1230. The summed E-state index contributed by atoms with van der Waals surface area (Å²) < 4.78 is 7.35. The molecule has 3 heterocycles. The van der Waals surface area contributed by atoms with Crippen LogP contribution in [0.3, 0.4) is 0 Å². The molecular formula is C34H49ClN4O3. The van der Waals surface area contributed by atoms with Crippen LogP contribution >= 0.6 is 11.6 Å². The maximum Gasteiger partial charge on any atom is 0.271 e. The predicted octanol–water partition coefficient (Wildman–Crippen LogP) is 6.20. The van der Waals surface area contributed by atoms with Gasteiger partial charge in [0.25, 0.3) is 5.91 Å². The SMILES string of the molecule is C=C/C(=C\c1c(C)cc2n1CC(C(=O)NCCCN1CC(C)CC(C)C1)N(CCc1ccc(Cl)cc1)C2=O)OC.CC. The molecular weight excluding hydrogens is 548 g/mol. The minimum absolute atomic E-state index is 0.118. The van der Waals surface area contributed by atoms with Crippen molar-refractivity contribution in [1.82, 2.24) is 19.7 Å². The molecule has 1 saturated heterocycles. The summed E-state index contributed by atoms with van der Waals surface area (Å²) in [5.74, 6) is 1.76. The van der Waals surface area contributed by atoms with Gasteiger partial charge in [-0.3, -0.25) is 9.59 Å². The Kier molecular flexibility index (Phi) is 12.7. The fraction of sp³-hybridized carbons (Fsp3) is 0.529. The van der Waals surface area contributed by atoms with Crippen molar-refractivity contribution in [1.29, 1.82) is 0 Å². The Labute approximate surface area is 257 Å². The second-order valence-corrected chi connectivity index (χ2v) is 11.8. The molecule has 1 aromatic carbocycles. The molecule has 3 atom stereocenters. The Hall–Kier alpha value is -3.03. The number of carbonyl (C=O) groups is 2. The van der Waals surface area contributed by atoms with Crippen molar-refractivity contribution in [3.8, 4) is 0 Å². The van der Waals surface area contributed by atoms with Gasteiger partial charge in [0.2, 0.25) is 5.91 Å². The summed E-state index contributed by atoms with van der Waals surface area (Å²) in [6, 6.07) is 8.91. The summed E-state index contributed by atoms with van der Waals surface area (Å²) in [6.07, 6.45) is 6.31. The van der Waals surface area contributed by atoms with E-state index >= 15 is 0 Å². The molecule has 1 N–H and O–H groups in total. The van der Waals surface area contributed by atoms with Crippen molar-refractivity contribution in [2.75, 3.05) is 39.8 Å². The van der Waals surface area contributed by atoms with E-state index in [1.807, 2.05) is 61.7 Å². The number of likely N-dealkylation sites (tertiary alicyclic amines) is 1. The first-order valence-electron chi connectivity index (χ1n) is 15.3. The van der Waals surface area contributed by atoms with E-state index in [2.05, 4.69) is 30.6 Å². The maximum atomic E-state index is 13.8. The van der Waals surface area contributed by atoms with Crippen molar-refractivity contribution < 1.29 is 14.3 Å². The van der Waals surface area contributed by atoms with Gasteiger partial charge in [-0.05, 0) is 80.0 Å². The molecule has 2 aliphatic heterocycles. The van der Waals surface area contributed by atoms with Crippen LogP contribution in [0, 0.1) is 18.8 Å². The number of hydrogen-bond acceptors (Lipinski definition) is 4. The highest BCUT2D eigenvalue weighted by Crippen LogP contribution is 2.27. The van der Waals surface area contributed by atoms with Crippen LogP contribution in [0.25, 0.3) is 6.08 Å². The normalized spacial score (nSPS) is 20.8. The molecule has 2 amide bonds. The number of aromatic nitrogens is 1. The molecule has 7 nitrogen and oxygen atoms in total. The van der Waals surface area contributed by atoms with Crippen LogP contribution in [0.4, 0.5) is 0 Å². The number of ether oxygens (including phenoxy) is 1. The Morgan fingerprint density at radius 2 is 1.79 bits per heavy atom. The number of allylic oxidation sites excluding steroid dienone is 1. The van der Waals surface area contributed by atoms with E-state index in [0.717, 1.165) is 42.9 Å². The number of piperidine rings is 1. The summed E-state index contributed by atoms with van der Waals surface area (Å²) in [5.41, 5.74) is 3.45. The van der Waals surface area contributed by atoms with E-state index in [4.69, 9.17) is 16.3 Å². The van der Waals surface area contributed by atoms with Gasteiger partial charge in [-0.1, -0.05) is 58.0 Å². The number of fused-ring (bicyclic) bond motifs is 1. The number of methoxy groups -OCH3 is 1. The quantitative estimate of drug-likeness (QED) is 0.190. The number of hydrogen-bond donors (Lipinski definition) is 1. The van der Waals surface area contributed by atoms with Crippen LogP contribution < -0.4 is 5.32 Å². The number of amides is 2. The number of nitrogens with zero attached hydrogens (tertiary/aromatic N) is 3. The third-order valence-electron chi connectivity index (χ3n) is 8.02. The van der Waals surface area contributed by atoms with Gasteiger partial charge in [0.05, 0.1) is 13.7 Å². The number of nitrogens with one attached hydrogen (secondary N) is 1. The van der Waals surface area contributed by atoms with E-state index in [1.54, 1.807) is 18.1 Å². The Morgan fingerprint density at radius 1 is 1.12 bits per heavy atom. The summed E-state index contributed by atoms with van der Waals surface area (Å²) in [5, 5.41) is 3.82. The van der Waals surface area contributed by atoms with Gasteiger partial charge >= 0.3 is 0 Å². The van der Waals surface area contributed by atoms with Gasteiger partial charge in [-0.2, -0.15) is 0 Å². The molecule has 0 bridgehead atoms. The van der Waals surface area contributed by atoms with Crippen LogP contribution in [0.2, 0.25) is 5.02 Å². The predicted molar refractivity (Wildman–Crippen MR) is 173 cm³/mol. The molecule has 0 aliphatic carbocycles. The zero-order valence-electron chi connectivity index (χ0n) is 26.3. The van der Waals surface area contributed by atoms with Crippen LogP contribution in [0.15, 0.2) is 48.7 Å². The molecule has 1 aromatic heterocycles. The van der Waals surface area contributed by atoms with Crippen molar-refractivity contribution in [2.45, 2.75) is 66.5 Å². The summed E-state index contributed by atoms with van der Waals surface area (Å²) in [7, 11) is 1.59. The van der Waals surface area contributed by atoms with Crippen molar-refractivity contribution in [2.24, 2.45) is 11.8 Å². The molecule has 0 spiro atoms. The van der Waals surface area contributed by atoms with E-state index in [0.29, 0.717) is 54.4 Å². The molecule has 42 heavy (non-hydrogen) atoms. The lowest BCUT2D eigenvalue weighted by molar-refractivity contribution is -0.126. The highest BCUT2D eigenvalue weighted by molar-refractivity contribution is 6.30. The zero-order chi connectivity index (χ0) is 30.8. The third-order valence-corrected chi connectivity index (χ3v) is 8.27. The monoisotopic (exact) mass is 596 g/mol. The minimum atomic E-state index is -0.615. The standard InChI is InChI=1S/C32H43ClN4O3.C2H6/c1-6-27(40-5)18-28-24(4)17-29-32(39)36(15-12-25-8-10-26(33)11-9-25)30(21-37(28)29)31(38)34-13-7-14-35-19-22(2)16-23(3)20-35;1-2/h6,8-11,17-18,22-23,30H,1,7,12-16,19-21H2,2-5H3,(H,34,38);1-2H3/b27-18+;. The molecule has 3 unspecified atom stereocenters. The first-order valence-corrected chi connectivity index (χ1v) is 15.7. The molecule has 2 aromatic rings. The van der Waals surface area contributed by atoms with Crippen LogP contribution in [-0.4, -0.2) is 72.1 Å². The molecule has 1 fully saturated rings. The van der Waals surface area contributed by atoms with Gasteiger partial charge < -0.3 is 24.4 Å². The van der Waals surface area contributed by atoms with Gasteiger partial charge in [-0.15, -0.1) is 0 Å². The van der Waals surface area contributed by atoms with Gasteiger partial charge in [0.15, 0.2) is 0 Å².